The number of aliphatic hydroxyl groups is 1. The first kappa shape index (κ1) is 28.5. The lowest BCUT2D eigenvalue weighted by molar-refractivity contribution is -0.191. The quantitative estimate of drug-likeness (QED) is 0.490. The van der Waals surface area contributed by atoms with Gasteiger partial charge in [-0.2, -0.15) is 14.7 Å². The summed E-state index contributed by atoms with van der Waals surface area (Å²) in [6, 6.07) is 5.84. The van der Waals surface area contributed by atoms with Crippen molar-refractivity contribution in [3.63, 3.8) is 0 Å². The first-order valence-electron chi connectivity index (χ1n) is 13.0. The van der Waals surface area contributed by atoms with E-state index in [2.05, 4.69) is 23.6 Å². The van der Waals surface area contributed by atoms with E-state index in [0.717, 1.165) is 66.8 Å². The SMILES string of the molecule is Cc1nn(C(C)c2ccc(Cl)cc2Cl)c2nc(N3CCC(N4CCCC(C)C4)C(CO)C3)cnc12.O=C=O. The van der Waals surface area contributed by atoms with Gasteiger partial charge < -0.3 is 10.0 Å². The maximum absolute atomic E-state index is 10.3. The summed E-state index contributed by atoms with van der Waals surface area (Å²) in [5.41, 5.74) is 3.30. The highest BCUT2D eigenvalue weighted by atomic mass is 35.5. The van der Waals surface area contributed by atoms with Gasteiger partial charge in [0.15, 0.2) is 5.65 Å². The minimum atomic E-state index is -0.127. The highest BCUT2D eigenvalue weighted by Gasteiger charge is 2.35. The number of hydrogen-bond donors (Lipinski definition) is 1. The number of carbonyl (C=O) groups excluding carboxylic acids is 2. The first-order valence-corrected chi connectivity index (χ1v) is 13.8. The topological polar surface area (TPSA) is 104 Å². The van der Waals surface area contributed by atoms with Gasteiger partial charge in [-0.05, 0) is 63.3 Å². The lowest BCUT2D eigenvalue weighted by atomic mass is 9.88. The van der Waals surface area contributed by atoms with Gasteiger partial charge in [-0.1, -0.05) is 36.2 Å². The van der Waals surface area contributed by atoms with Crippen molar-refractivity contribution in [1.29, 1.82) is 0 Å². The van der Waals surface area contributed by atoms with E-state index in [1.54, 1.807) is 6.07 Å². The fourth-order valence-electron chi connectivity index (χ4n) is 5.85. The highest BCUT2D eigenvalue weighted by Crippen LogP contribution is 2.32. The molecule has 4 unspecified atom stereocenters. The third-order valence-corrected chi connectivity index (χ3v) is 8.31. The van der Waals surface area contributed by atoms with Crippen molar-refractivity contribution < 1.29 is 14.7 Å². The molecule has 4 heterocycles. The number of halogens is 2. The van der Waals surface area contributed by atoms with Gasteiger partial charge in [-0.15, -0.1) is 0 Å². The smallest absolute Gasteiger partial charge is 0.373 e. The number of aromatic nitrogens is 4. The van der Waals surface area contributed by atoms with E-state index in [-0.39, 0.29) is 24.7 Å². The van der Waals surface area contributed by atoms with Gasteiger partial charge in [0.05, 0.1) is 17.9 Å². The average molecular weight is 562 g/mol. The molecule has 38 heavy (non-hydrogen) atoms. The highest BCUT2D eigenvalue weighted by molar-refractivity contribution is 6.35. The van der Waals surface area contributed by atoms with E-state index in [1.807, 2.05) is 29.9 Å². The van der Waals surface area contributed by atoms with Crippen LogP contribution in [0.2, 0.25) is 10.0 Å². The molecule has 11 heteroatoms. The molecule has 1 aromatic carbocycles. The van der Waals surface area contributed by atoms with Crippen LogP contribution in [0.4, 0.5) is 5.82 Å². The van der Waals surface area contributed by atoms with Gasteiger partial charge >= 0.3 is 6.15 Å². The van der Waals surface area contributed by atoms with E-state index in [0.29, 0.717) is 16.1 Å². The van der Waals surface area contributed by atoms with E-state index in [1.165, 1.54) is 12.8 Å². The fraction of sp³-hybridized carbons (Fsp3) is 0.556. The summed E-state index contributed by atoms with van der Waals surface area (Å²) in [4.78, 5) is 30.9. The second-order valence-corrected chi connectivity index (χ2v) is 11.2. The minimum Gasteiger partial charge on any atom is -0.396 e. The van der Waals surface area contributed by atoms with Crippen LogP contribution < -0.4 is 4.90 Å². The molecule has 2 fully saturated rings. The van der Waals surface area contributed by atoms with Gasteiger partial charge in [0.25, 0.3) is 0 Å². The molecule has 4 atom stereocenters. The van der Waals surface area contributed by atoms with Crippen LogP contribution >= 0.6 is 23.2 Å². The summed E-state index contributed by atoms with van der Waals surface area (Å²) in [5.74, 6) is 1.76. The van der Waals surface area contributed by atoms with E-state index >= 15 is 0 Å². The second kappa shape index (κ2) is 12.5. The maximum atomic E-state index is 10.3. The van der Waals surface area contributed by atoms with Gasteiger partial charge in [-0.25, -0.2) is 14.6 Å². The van der Waals surface area contributed by atoms with Crippen molar-refractivity contribution in [2.45, 2.75) is 52.1 Å². The summed E-state index contributed by atoms with van der Waals surface area (Å²) >= 11 is 12.6. The number of aryl methyl sites for hydroxylation is 1. The third kappa shape index (κ3) is 6.03. The number of rotatable bonds is 5. The molecule has 0 amide bonds. The lowest BCUT2D eigenvalue weighted by Gasteiger charge is -2.46. The Balaban J connectivity index is 0.00000107. The van der Waals surface area contributed by atoms with E-state index < -0.39 is 0 Å². The molecule has 5 rings (SSSR count). The summed E-state index contributed by atoms with van der Waals surface area (Å²) in [6.45, 7) is 10.5. The molecule has 0 radical (unpaired) electrons. The Hall–Kier alpha value is -2.55. The second-order valence-electron chi connectivity index (χ2n) is 10.3. The molecule has 2 saturated heterocycles. The Morgan fingerprint density at radius 1 is 1.18 bits per heavy atom. The predicted molar refractivity (Wildman–Crippen MR) is 147 cm³/mol. The Kier molecular flexibility index (Phi) is 9.39. The third-order valence-electron chi connectivity index (χ3n) is 7.75. The Morgan fingerprint density at radius 2 is 1.95 bits per heavy atom. The Morgan fingerprint density at radius 3 is 2.63 bits per heavy atom. The zero-order valence-electron chi connectivity index (χ0n) is 22.0. The van der Waals surface area contributed by atoms with Crippen LogP contribution in [0.1, 0.15) is 50.4 Å². The number of fused-ring (bicyclic) bond motifs is 1. The van der Waals surface area contributed by atoms with Gasteiger partial charge in [-0.3, -0.25) is 4.90 Å². The molecule has 204 valence electrons. The number of likely N-dealkylation sites (tertiary alicyclic amines) is 1. The Labute approximate surface area is 232 Å². The van der Waals surface area contributed by atoms with E-state index in [9.17, 15) is 5.11 Å². The molecule has 0 saturated carbocycles. The van der Waals surface area contributed by atoms with Crippen molar-refractivity contribution in [3.05, 3.63) is 45.7 Å². The minimum absolute atomic E-state index is 0.127. The van der Waals surface area contributed by atoms with Crippen molar-refractivity contribution in [3.8, 4) is 0 Å². The van der Waals surface area contributed by atoms with Crippen molar-refractivity contribution in [2.75, 3.05) is 37.7 Å². The van der Waals surface area contributed by atoms with Crippen molar-refractivity contribution in [2.24, 2.45) is 11.8 Å². The molecule has 9 nitrogen and oxygen atoms in total. The lowest BCUT2D eigenvalue weighted by Crippen LogP contribution is -2.54. The number of anilines is 1. The zero-order chi connectivity index (χ0) is 27.4. The van der Waals surface area contributed by atoms with E-state index in [4.69, 9.17) is 47.9 Å². The van der Waals surface area contributed by atoms with Crippen LogP contribution in [0.3, 0.4) is 0 Å². The van der Waals surface area contributed by atoms with Crippen LogP contribution in [0.5, 0.6) is 0 Å². The summed E-state index contributed by atoms with van der Waals surface area (Å²) in [6.07, 6.45) is 5.67. The molecular formula is C27H34Cl2N6O3. The molecule has 0 aliphatic carbocycles. The molecule has 2 aliphatic rings. The molecule has 2 aliphatic heterocycles. The molecule has 3 aromatic rings. The maximum Gasteiger partial charge on any atom is 0.373 e. The number of benzene rings is 1. The van der Waals surface area contributed by atoms with Gasteiger partial charge in [0.1, 0.15) is 11.3 Å². The molecule has 0 spiro atoms. The Bertz CT molecular complexity index is 1300. The number of aliphatic hydroxyl groups excluding tert-OH is 1. The summed E-state index contributed by atoms with van der Waals surface area (Å²) in [7, 11) is 0. The largest absolute Gasteiger partial charge is 0.396 e. The van der Waals surface area contributed by atoms with Crippen LogP contribution in [0, 0.1) is 18.8 Å². The molecule has 1 N–H and O–H groups in total. The van der Waals surface area contributed by atoms with Crippen LogP contribution in [0.15, 0.2) is 24.4 Å². The molecule has 2 aromatic heterocycles. The summed E-state index contributed by atoms with van der Waals surface area (Å²) in [5, 5.41) is 16.2. The first-order chi connectivity index (χ1) is 18.3. The van der Waals surface area contributed by atoms with Crippen LogP contribution in [0.25, 0.3) is 11.2 Å². The molecule has 0 bridgehead atoms. The fourth-order valence-corrected chi connectivity index (χ4v) is 6.42. The van der Waals surface area contributed by atoms with Crippen molar-refractivity contribution in [1.82, 2.24) is 24.6 Å². The molecular weight excluding hydrogens is 527 g/mol. The summed E-state index contributed by atoms with van der Waals surface area (Å²) < 4.78 is 1.90. The standard InChI is InChI=1S/C26H34Cl2N6O.CO2/c1-16-5-4-9-32(13-16)23-8-10-33(14-19(23)15-35)24-12-29-25-17(2)31-34(26(25)30-24)18(3)21-7-6-20(27)11-22(21)28;2-1-3/h6-7,11-12,16,18-19,23,35H,4-5,8-10,13-15H2,1-3H3;. The van der Waals surface area contributed by atoms with Crippen LogP contribution in [-0.4, -0.2) is 74.7 Å². The zero-order valence-corrected chi connectivity index (χ0v) is 23.5. The normalized spacial score (nSPS) is 23.0. The average Bonchev–Trinajstić information content (AvgIpc) is 3.24. The monoisotopic (exact) mass is 560 g/mol. The van der Waals surface area contributed by atoms with Crippen LogP contribution in [-0.2, 0) is 9.59 Å². The van der Waals surface area contributed by atoms with Gasteiger partial charge in [0, 0.05) is 48.2 Å². The number of piperidine rings is 2. The van der Waals surface area contributed by atoms with Crippen molar-refractivity contribution >= 4 is 46.3 Å². The van der Waals surface area contributed by atoms with Gasteiger partial charge in [0.2, 0.25) is 0 Å². The predicted octanol–water partition coefficient (Wildman–Crippen LogP) is 4.39. The number of nitrogens with zero attached hydrogens (tertiary/aromatic N) is 6. The number of hydrogen-bond acceptors (Lipinski definition) is 8.